The largest absolute Gasteiger partial charge is 0.416 e. The molecule has 4 rings (SSSR count). The van der Waals surface area contributed by atoms with Crippen LogP contribution in [0.25, 0.3) is 0 Å². The van der Waals surface area contributed by atoms with E-state index in [1.165, 1.54) is 18.3 Å². The molecule has 32 heavy (non-hydrogen) atoms. The van der Waals surface area contributed by atoms with Gasteiger partial charge in [-0.1, -0.05) is 6.07 Å². The van der Waals surface area contributed by atoms with Crippen LogP contribution in [0.5, 0.6) is 0 Å². The smallest absolute Gasteiger partial charge is 0.368 e. The second-order valence-corrected chi connectivity index (χ2v) is 7.72. The maximum absolute atomic E-state index is 13.1. The second-order valence-electron chi connectivity index (χ2n) is 7.72. The minimum atomic E-state index is -4.47. The highest BCUT2D eigenvalue weighted by Crippen LogP contribution is 2.31. The van der Waals surface area contributed by atoms with Gasteiger partial charge in [-0.2, -0.15) is 13.2 Å². The van der Waals surface area contributed by atoms with Crippen molar-refractivity contribution in [1.82, 2.24) is 14.8 Å². The number of ether oxygens (including phenoxy) is 1. The van der Waals surface area contributed by atoms with Crippen molar-refractivity contribution in [3.05, 3.63) is 53.7 Å². The summed E-state index contributed by atoms with van der Waals surface area (Å²) in [5.41, 5.74) is -0.360. The number of nitrogens with one attached hydrogen (secondary N) is 1. The molecular formula is C22H23F3N4O3. The fourth-order valence-corrected chi connectivity index (χ4v) is 3.86. The van der Waals surface area contributed by atoms with Crippen LogP contribution in [0.1, 0.15) is 28.8 Å². The Bertz CT molecular complexity index is 984. The van der Waals surface area contributed by atoms with E-state index in [0.29, 0.717) is 32.8 Å². The Balaban J connectivity index is 1.44. The highest BCUT2D eigenvalue weighted by Gasteiger charge is 2.32. The molecule has 7 nitrogen and oxygen atoms in total. The molecule has 0 saturated carbocycles. The van der Waals surface area contributed by atoms with Gasteiger partial charge in [0, 0.05) is 44.7 Å². The van der Waals surface area contributed by atoms with Gasteiger partial charge in [-0.15, -0.1) is 0 Å². The summed E-state index contributed by atoms with van der Waals surface area (Å²) in [4.78, 5) is 33.1. The number of hydrogen-bond donors (Lipinski definition) is 1. The first-order valence-electron chi connectivity index (χ1n) is 10.4. The molecule has 3 heterocycles. The first kappa shape index (κ1) is 22.1. The van der Waals surface area contributed by atoms with E-state index in [4.69, 9.17) is 4.74 Å². The van der Waals surface area contributed by atoms with Gasteiger partial charge in [0.25, 0.3) is 11.8 Å². The Hall–Kier alpha value is -3.14. The molecule has 1 aromatic carbocycles. The molecule has 1 atom stereocenters. The summed E-state index contributed by atoms with van der Waals surface area (Å²) in [5.74, 6) is -0.158. The molecule has 2 aromatic rings. The van der Waals surface area contributed by atoms with Crippen LogP contribution in [0.3, 0.4) is 0 Å². The maximum Gasteiger partial charge on any atom is 0.416 e. The Morgan fingerprint density at radius 1 is 1.06 bits per heavy atom. The molecule has 2 aliphatic heterocycles. The van der Waals surface area contributed by atoms with Gasteiger partial charge in [0.2, 0.25) is 0 Å². The highest BCUT2D eigenvalue weighted by molar-refractivity contribution is 5.99. The maximum atomic E-state index is 13.1. The summed E-state index contributed by atoms with van der Waals surface area (Å²) >= 11 is 0. The second kappa shape index (κ2) is 9.15. The third-order valence-corrected chi connectivity index (χ3v) is 5.57. The monoisotopic (exact) mass is 448 g/mol. The molecule has 2 saturated heterocycles. The summed E-state index contributed by atoms with van der Waals surface area (Å²) in [7, 11) is 0. The lowest BCUT2D eigenvalue weighted by Crippen LogP contribution is -2.52. The Labute approximate surface area is 183 Å². The number of rotatable bonds is 4. The molecule has 2 fully saturated rings. The van der Waals surface area contributed by atoms with E-state index in [1.807, 2.05) is 0 Å². The van der Waals surface area contributed by atoms with Gasteiger partial charge in [0.1, 0.15) is 11.9 Å². The molecule has 170 valence electrons. The molecule has 10 heteroatoms. The number of piperazine rings is 1. The number of alkyl halides is 3. The number of benzene rings is 1. The predicted molar refractivity (Wildman–Crippen MR) is 110 cm³/mol. The summed E-state index contributed by atoms with van der Waals surface area (Å²) in [6.45, 7) is 2.12. The molecule has 0 bridgehead atoms. The Morgan fingerprint density at radius 3 is 2.50 bits per heavy atom. The predicted octanol–water partition coefficient (Wildman–Crippen LogP) is 3.31. The summed E-state index contributed by atoms with van der Waals surface area (Å²) < 4.78 is 44.5. The standard InChI is InChI=1S/C22H23F3N4O3/c23-22(24,25)15-4-1-5-16(14-15)27-19-17(6-2-8-26-19)20(30)28-9-11-29(12-10-28)21(31)18-7-3-13-32-18/h1-2,4-6,8,14,18H,3,7,9-13H2,(H,26,27). The summed E-state index contributed by atoms with van der Waals surface area (Å²) in [5, 5.41) is 2.83. The molecule has 0 spiro atoms. The number of aromatic nitrogens is 1. The van der Waals surface area contributed by atoms with Crippen molar-refractivity contribution < 1.29 is 27.5 Å². The number of hydrogen-bond acceptors (Lipinski definition) is 5. The summed E-state index contributed by atoms with van der Waals surface area (Å²) in [6, 6.07) is 7.90. The van der Waals surface area contributed by atoms with Gasteiger partial charge in [0.05, 0.1) is 11.1 Å². The lowest BCUT2D eigenvalue weighted by molar-refractivity contribution is -0.142. The zero-order chi connectivity index (χ0) is 22.7. The first-order chi connectivity index (χ1) is 15.3. The molecule has 1 unspecified atom stereocenters. The van der Waals surface area contributed by atoms with Crippen molar-refractivity contribution in [2.24, 2.45) is 0 Å². The van der Waals surface area contributed by atoms with E-state index in [1.54, 1.807) is 21.9 Å². The van der Waals surface area contributed by atoms with Crippen molar-refractivity contribution in [2.45, 2.75) is 25.1 Å². The first-order valence-corrected chi connectivity index (χ1v) is 10.4. The lowest BCUT2D eigenvalue weighted by Gasteiger charge is -2.36. The molecule has 2 aliphatic rings. The van der Waals surface area contributed by atoms with E-state index in [-0.39, 0.29) is 35.0 Å². The zero-order valence-electron chi connectivity index (χ0n) is 17.3. The quantitative estimate of drug-likeness (QED) is 0.777. The van der Waals surface area contributed by atoms with Gasteiger partial charge in [0.15, 0.2) is 0 Å². The Morgan fingerprint density at radius 2 is 1.81 bits per heavy atom. The van der Waals surface area contributed by atoms with Crippen molar-refractivity contribution in [2.75, 3.05) is 38.1 Å². The van der Waals surface area contributed by atoms with Crippen LogP contribution < -0.4 is 5.32 Å². The van der Waals surface area contributed by atoms with Crippen molar-refractivity contribution >= 4 is 23.3 Å². The molecule has 2 amide bonds. The van der Waals surface area contributed by atoms with Crippen LogP contribution >= 0.6 is 0 Å². The molecular weight excluding hydrogens is 425 g/mol. The highest BCUT2D eigenvalue weighted by atomic mass is 19.4. The summed E-state index contributed by atoms with van der Waals surface area (Å²) in [6.07, 6.45) is -1.80. The van der Waals surface area contributed by atoms with Gasteiger partial charge in [-0.05, 0) is 43.2 Å². The minimum absolute atomic E-state index is 0.0390. The van der Waals surface area contributed by atoms with E-state index < -0.39 is 11.7 Å². The fourth-order valence-electron chi connectivity index (χ4n) is 3.86. The average Bonchev–Trinajstić information content (AvgIpc) is 3.33. The number of pyridine rings is 1. The molecule has 1 N–H and O–H groups in total. The van der Waals surface area contributed by atoms with Crippen LogP contribution in [0.2, 0.25) is 0 Å². The van der Waals surface area contributed by atoms with Crippen molar-refractivity contribution in [3.8, 4) is 0 Å². The fraction of sp³-hybridized carbons (Fsp3) is 0.409. The van der Waals surface area contributed by atoms with Crippen LogP contribution in [-0.2, 0) is 15.7 Å². The SMILES string of the molecule is O=C(c1cccnc1Nc1cccc(C(F)(F)F)c1)N1CCN(C(=O)C2CCCO2)CC1. The van der Waals surface area contributed by atoms with E-state index in [9.17, 15) is 22.8 Å². The number of amides is 2. The number of carbonyl (C=O) groups excluding carboxylic acids is 2. The molecule has 1 aromatic heterocycles. The number of halogens is 3. The van der Waals surface area contributed by atoms with Gasteiger partial charge in [-0.25, -0.2) is 4.98 Å². The topological polar surface area (TPSA) is 74.8 Å². The normalized spacial score (nSPS) is 19.2. The van der Waals surface area contributed by atoms with Gasteiger partial charge >= 0.3 is 6.18 Å². The van der Waals surface area contributed by atoms with E-state index in [0.717, 1.165) is 25.0 Å². The average molecular weight is 448 g/mol. The number of anilines is 2. The molecule has 0 aliphatic carbocycles. The van der Waals surface area contributed by atoms with Crippen LogP contribution in [0.15, 0.2) is 42.6 Å². The van der Waals surface area contributed by atoms with Crippen LogP contribution in [0.4, 0.5) is 24.7 Å². The van der Waals surface area contributed by atoms with Crippen molar-refractivity contribution in [1.29, 1.82) is 0 Å². The number of nitrogens with zero attached hydrogens (tertiary/aromatic N) is 3. The lowest BCUT2D eigenvalue weighted by atomic mass is 10.1. The number of carbonyl (C=O) groups is 2. The van der Waals surface area contributed by atoms with Crippen molar-refractivity contribution in [3.63, 3.8) is 0 Å². The van der Waals surface area contributed by atoms with Crippen LogP contribution in [-0.4, -0.2) is 65.5 Å². The third-order valence-electron chi connectivity index (χ3n) is 5.57. The minimum Gasteiger partial charge on any atom is -0.368 e. The molecule has 0 radical (unpaired) electrons. The zero-order valence-corrected chi connectivity index (χ0v) is 17.3. The third kappa shape index (κ3) is 4.85. The van der Waals surface area contributed by atoms with Crippen LogP contribution in [0, 0.1) is 0 Å². The van der Waals surface area contributed by atoms with E-state index >= 15 is 0 Å². The Kier molecular flexibility index (Phi) is 6.31. The van der Waals surface area contributed by atoms with Gasteiger partial charge in [-0.3, -0.25) is 9.59 Å². The van der Waals surface area contributed by atoms with E-state index in [2.05, 4.69) is 10.3 Å². The van der Waals surface area contributed by atoms with Gasteiger partial charge < -0.3 is 19.9 Å².